The molecule has 0 aliphatic carbocycles. The summed E-state index contributed by atoms with van der Waals surface area (Å²) in [6.07, 6.45) is -2.42. The van der Waals surface area contributed by atoms with Gasteiger partial charge in [0, 0.05) is 11.6 Å². The van der Waals surface area contributed by atoms with Crippen molar-refractivity contribution in [3.63, 3.8) is 0 Å². The van der Waals surface area contributed by atoms with E-state index in [2.05, 4.69) is 16.0 Å². The summed E-state index contributed by atoms with van der Waals surface area (Å²) in [5.41, 5.74) is -0.714. The molecule has 0 unspecified atom stereocenters. The number of carbonyl (C=O) groups excluding carboxylic acids is 3. The molecule has 56 heavy (non-hydrogen) atoms. The number of nitrogens with zero attached hydrogens (tertiary/aromatic N) is 1. The zero-order valence-electron chi connectivity index (χ0n) is 33.5. The van der Waals surface area contributed by atoms with Crippen LogP contribution >= 0.6 is 0 Å². The molecule has 0 radical (unpaired) electrons. The van der Waals surface area contributed by atoms with E-state index >= 15 is 0 Å². The number of nitro groups is 1. The number of hydrogen-bond acceptors (Lipinski definition) is 11. The lowest BCUT2D eigenvalue weighted by atomic mass is 9.97. The molecule has 0 saturated carbocycles. The smallest absolute Gasteiger partial charge is 0.408 e. The van der Waals surface area contributed by atoms with Crippen molar-refractivity contribution >= 4 is 31.9 Å². The zero-order chi connectivity index (χ0) is 41.9. The van der Waals surface area contributed by atoms with Crippen LogP contribution in [0.25, 0.3) is 0 Å². The minimum absolute atomic E-state index is 0.0149. The molecule has 15 nitrogen and oxygen atoms in total. The monoisotopic (exact) mass is 798 g/mol. The largest absolute Gasteiger partial charge is 0.496 e. The maximum atomic E-state index is 14.8. The summed E-state index contributed by atoms with van der Waals surface area (Å²) in [6.45, 7) is 15.6. The molecule has 17 heteroatoms. The summed E-state index contributed by atoms with van der Waals surface area (Å²) in [5, 5.41) is 30.3. The number of methoxy groups -OCH3 is 2. The second-order valence-electron chi connectivity index (χ2n) is 15.9. The molecule has 1 aliphatic rings. The van der Waals surface area contributed by atoms with Gasteiger partial charge in [0.1, 0.15) is 35.3 Å². The van der Waals surface area contributed by atoms with E-state index in [1.807, 2.05) is 33.9 Å². The third-order valence-corrected chi connectivity index (χ3v) is 14.2. The number of benzene rings is 3. The van der Waals surface area contributed by atoms with Crippen LogP contribution in [0.4, 0.5) is 14.9 Å². The van der Waals surface area contributed by atoms with E-state index in [1.165, 1.54) is 38.5 Å². The lowest BCUT2D eigenvalue weighted by molar-refractivity contribution is -0.387. The molecule has 4 N–H and O–H groups in total. The number of carbonyl (C=O) groups is 3. The fourth-order valence-corrected chi connectivity index (χ4v) is 6.94. The lowest BCUT2D eigenvalue weighted by Gasteiger charge is -2.41. The summed E-state index contributed by atoms with van der Waals surface area (Å²) in [7, 11) is -0.0576. The Morgan fingerprint density at radius 3 is 2.18 bits per heavy atom. The predicted molar refractivity (Wildman–Crippen MR) is 207 cm³/mol. The first-order valence-electron chi connectivity index (χ1n) is 17.9. The van der Waals surface area contributed by atoms with E-state index < -0.39 is 84.1 Å². The Balaban J connectivity index is 2.05. The van der Waals surface area contributed by atoms with Gasteiger partial charge in [0.15, 0.2) is 19.8 Å². The molecule has 1 heterocycles. The number of halogens is 1. The van der Waals surface area contributed by atoms with E-state index in [0.29, 0.717) is 16.9 Å². The first kappa shape index (κ1) is 43.5. The van der Waals surface area contributed by atoms with E-state index in [9.17, 15) is 34.0 Å². The van der Waals surface area contributed by atoms with Gasteiger partial charge in [-0.3, -0.25) is 19.7 Å². The van der Waals surface area contributed by atoms with Crippen LogP contribution in [0.1, 0.15) is 82.0 Å². The van der Waals surface area contributed by atoms with Gasteiger partial charge >= 0.3 is 11.8 Å². The van der Waals surface area contributed by atoms with Crippen molar-refractivity contribution in [1.82, 2.24) is 16.0 Å². The number of nitro benzene ring substituents is 1. The van der Waals surface area contributed by atoms with Crippen LogP contribution in [0.2, 0.25) is 18.1 Å². The van der Waals surface area contributed by atoms with Crippen LogP contribution in [-0.2, 0) is 18.8 Å². The molecule has 4 atom stereocenters. The van der Waals surface area contributed by atoms with Crippen molar-refractivity contribution in [2.75, 3.05) is 20.8 Å². The van der Waals surface area contributed by atoms with Gasteiger partial charge in [-0.15, -0.1) is 0 Å². The predicted octanol–water partition coefficient (Wildman–Crippen LogP) is 6.83. The number of rotatable bonds is 9. The molecule has 0 fully saturated rings. The SMILES string of the molecule is COc1ccc2cc1Oc1cc(cc(OC)c1C)[C@@H](CO)NC(=O)[C@@H]([C@H](O[Si](C)(C)C(C)(C)C)c1ccc(F)c([N+](=O)[O-])c1)NC(=O)[C@@H]2NC(=O)OC(C)(C)C. The first-order chi connectivity index (χ1) is 26.0. The molecule has 4 bridgehead atoms. The van der Waals surface area contributed by atoms with Crippen molar-refractivity contribution < 1.29 is 52.2 Å². The average molecular weight is 799 g/mol. The first-order valence-corrected chi connectivity index (χ1v) is 20.8. The van der Waals surface area contributed by atoms with E-state index in [0.717, 1.165) is 12.1 Å². The van der Waals surface area contributed by atoms with Gasteiger partial charge in [-0.05, 0) is 92.8 Å². The third kappa shape index (κ3) is 9.93. The van der Waals surface area contributed by atoms with Gasteiger partial charge in [0.05, 0.1) is 31.8 Å². The van der Waals surface area contributed by atoms with E-state index in [4.69, 9.17) is 23.4 Å². The summed E-state index contributed by atoms with van der Waals surface area (Å²) in [6, 6.07) is 6.50. The standard InChI is InChI=1S/C39H51FN4O11Si/c1-21-29(52-9)18-24-19-30(21)53-31-17-22(13-15-28(31)51-8)32(43-37(48)54-38(2,3)4)35(46)42-33(36(47)41-26(24)20-45)34(55-56(10,11)39(5,6)7)23-12-14-25(40)27(16-23)44(49)50/h12-19,26,32-34,45H,20H2,1-11H3,(H,41,47)(H,42,46)(H,43,48)/t26-,32-,33-,34-/m1/s1. The fraction of sp³-hybridized carbons (Fsp3) is 0.462. The summed E-state index contributed by atoms with van der Waals surface area (Å²) in [4.78, 5) is 53.7. The Morgan fingerprint density at radius 1 is 0.964 bits per heavy atom. The molecule has 304 valence electrons. The molecule has 3 aromatic carbocycles. The van der Waals surface area contributed by atoms with Crippen molar-refractivity contribution in [3.05, 3.63) is 86.7 Å². The minimum atomic E-state index is -2.94. The fourth-order valence-electron chi connectivity index (χ4n) is 5.68. The molecule has 0 spiro atoms. The highest BCUT2D eigenvalue weighted by Gasteiger charge is 2.45. The van der Waals surface area contributed by atoms with Gasteiger partial charge < -0.3 is 44.4 Å². The molecule has 0 aromatic heterocycles. The Hall–Kier alpha value is -5.26. The van der Waals surface area contributed by atoms with Crippen LogP contribution in [-0.4, -0.2) is 68.7 Å². The van der Waals surface area contributed by atoms with Crippen LogP contribution in [0.15, 0.2) is 48.5 Å². The molecule has 0 saturated heterocycles. The quantitative estimate of drug-likeness (QED) is 0.101. The summed E-state index contributed by atoms with van der Waals surface area (Å²) >= 11 is 0. The van der Waals surface area contributed by atoms with Gasteiger partial charge in [0.2, 0.25) is 17.6 Å². The average Bonchev–Trinajstić information content (AvgIpc) is 3.10. The summed E-state index contributed by atoms with van der Waals surface area (Å²) < 4.78 is 44.6. The molecule has 3 amide bonds. The maximum Gasteiger partial charge on any atom is 0.408 e. The normalized spacial score (nSPS) is 18.3. The third-order valence-electron chi connectivity index (χ3n) is 9.73. The number of ether oxygens (including phenoxy) is 4. The Labute approximate surface area is 326 Å². The van der Waals surface area contributed by atoms with Gasteiger partial charge in [-0.1, -0.05) is 32.9 Å². The highest BCUT2D eigenvalue weighted by atomic mass is 28.4. The molecule has 4 rings (SSSR count). The summed E-state index contributed by atoms with van der Waals surface area (Å²) in [5.74, 6) is -1.87. The highest BCUT2D eigenvalue weighted by Crippen LogP contribution is 2.43. The van der Waals surface area contributed by atoms with Gasteiger partial charge in [0.25, 0.3) is 0 Å². The topological polar surface area (TPSA) is 197 Å². The second-order valence-corrected chi connectivity index (χ2v) is 20.7. The molecule has 3 aromatic rings. The highest BCUT2D eigenvalue weighted by molar-refractivity contribution is 6.74. The molecular weight excluding hydrogens is 748 g/mol. The number of hydrogen-bond donors (Lipinski definition) is 4. The number of fused-ring (bicyclic) bond motifs is 4. The van der Waals surface area contributed by atoms with Crippen molar-refractivity contribution in [2.45, 2.75) is 96.4 Å². The number of nitrogens with one attached hydrogen (secondary N) is 3. The van der Waals surface area contributed by atoms with Crippen LogP contribution in [0.3, 0.4) is 0 Å². The molecule has 1 aliphatic heterocycles. The van der Waals surface area contributed by atoms with Crippen molar-refractivity contribution in [1.29, 1.82) is 0 Å². The lowest BCUT2D eigenvalue weighted by Crippen LogP contribution is -2.56. The van der Waals surface area contributed by atoms with E-state index in [-0.39, 0.29) is 28.4 Å². The van der Waals surface area contributed by atoms with Crippen LogP contribution < -0.4 is 30.2 Å². The van der Waals surface area contributed by atoms with Crippen molar-refractivity contribution in [2.24, 2.45) is 0 Å². The molecular formula is C39H51FN4O11Si. The number of aliphatic hydroxyl groups excluding tert-OH is 1. The number of aliphatic hydroxyl groups is 1. The van der Waals surface area contributed by atoms with Crippen molar-refractivity contribution in [3.8, 4) is 23.0 Å². The Bertz CT molecular complexity index is 1980. The van der Waals surface area contributed by atoms with Gasteiger partial charge in [-0.2, -0.15) is 4.39 Å². The van der Waals surface area contributed by atoms with E-state index in [1.54, 1.807) is 39.8 Å². The van der Waals surface area contributed by atoms with Crippen LogP contribution in [0.5, 0.6) is 23.0 Å². The van der Waals surface area contributed by atoms with Gasteiger partial charge in [-0.25, -0.2) is 4.79 Å². The van der Waals surface area contributed by atoms with Crippen LogP contribution in [0, 0.1) is 22.9 Å². The number of alkyl carbamates (subject to hydrolysis) is 1. The Morgan fingerprint density at radius 2 is 1.61 bits per heavy atom. The second kappa shape index (κ2) is 16.8. The minimum Gasteiger partial charge on any atom is -0.496 e. The zero-order valence-corrected chi connectivity index (χ0v) is 34.5. The maximum absolute atomic E-state index is 14.8. The number of amides is 3. The Kier molecular flexibility index (Phi) is 13.1.